The van der Waals surface area contributed by atoms with Gasteiger partial charge in [-0.05, 0) is 19.3 Å². The van der Waals surface area contributed by atoms with Gasteiger partial charge >= 0.3 is 5.97 Å². The molecule has 86 valence electrons. The minimum absolute atomic E-state index is 0.335. The van der Waals surface area contributed by atoms with Gasteiger partial charge < -0.3 is 9.84 Å². The van der Waals surface area contributed by atoms with Gasteiger partial charge in [0.2, 0.25) is 0 Å². The Bertz CT molecular complexity index is 219. The highest BCUT2D eigenvalue weighted by Crippen LogP contribution is 2.18. The first-order chi connectivity index (χ1) is 7.20. The molecule has 0 aromatic heterocycles. The highest BCUT2D eigenvalue weighted by Gasteiger charge is 2.20. The molecule has 1 saturated heterocycles. The van der Waals surface area contributed by atoms with Crippen molar-refractivity contribution in [2.45, 2.75) is 51.0 Å². The smallest absolute Gasteiger partial charge is 0.330 e. The van der Waals surface area contributed by atoms with E-state index in [1.165, 1.54) is 25.7 Å². The van der Waals surface area contributed by atoms with Crippen LogP contribution in [-0.4, -0.2) is 23.8 Å². The molecule has 1 unspecified atom stereocenters. The largest absolute Gasteiger partial charge is 0.478 e. The van der Waals surface area contributed by atoms with E-state index in [0.29, 0.717) is 18.1 Å². The standard InChI is InChI=1S/C12H20O3/c1-10(12(13)14)7-5-3-2-4-6-8-11-9-15-11/h11H,1-9H2,(H,13,14). The molecule has 0 radical (unpaired) electrons. The zero-order valence-corrected chi connectivity index (χ0v) is 9.21. The molecule has 3 nitrogen and oxygen atoms in total. The molecule has 15 heavy (non-hydrogen) atoms. The van der Waals surface area contributed by atoms with Crippen molar-refractivity contribution in [1.29, 1.82) is 0 Å². The number of aliphatic carboxylic acids is 1. The lowest BCUT2D eigenvalue weighted by Crippen LogP contribution is -1.98. The predicted molar refractivity (Wildman–Crippen MR) is 58.8 cm³/mol. The SMILES string of the molecule is C=C(CCCCCCCC1CO1)C(=O)O. The van der Waals surface area contributed by atoms with Gasteiger partial charge in [0.05, 0.1) is 12.7 Å². The summed E-state index contributed by atoms with van der Waals surface area (Å²) >= 11 is 0. The first-order valence-electron chi connectivity index (χ1n) is 5.73. The second-order valence-corrected chi connectivity index (χ2v) is 4.17. The third kappa shape index (κ3) is 6.28. The van der Waals surface area contributed by atoms with Gasteiger partial charge in [0.15, 0.2) is 0 Å². The number of carbonyl (C=O) groups is 1. The van der Waals surface area contributed by atoms with E-state index in [2.05, 4.69) is 6.58 Å². The van der Waals surface area contributed by atoms with Crippen molar-refractivity contribution >= 4 is 5.97 Å². The van der Waals surface area contributed by atoms with Gasteiger partial charge in [-0.2, -0.15) is 0 Å². The molecule has 1 rings (SSSR count). The summed E-state index contributed by atoms with van der Waals surface area (Å²) in [6.07, 6.45) is 8.10. The quantitative estimate of drug-likeness (QED) is 0.363. The summed E-state index contributed by atoms with van der Waals surface area (Å²) in [5.41, 5.74) is 0.335. The second kappa shape index (κ2) is 6.62. The summed E-state index contributed by atoms with van der Waals surface area (Å²) in [5.74, 6) is -0.860. The number of hydrogen-bond donors (Lipinski definition) is 1. The number of ether oxygens (including phenoxy) is 1. The molecular formula is C12H20O3. The van der Waals surface area contributed by atoms with Crippen molar-refractivity contribution in [1.82, 2.24) is 0 Å². The average molecular weight is 212 g/mol. The zero-order valence-electron chi connectivity index (χ0n) is 9.21. The summed E-state index contributed by atoms with van der Waals surface area (Å²) in [6, 6.07) is 0. The molecule has 0 aromatic rings. The van der Waals surface area contributed by atoms with Crippen molar-refractivity contribution in [3.05, 3.63) is 12.2 Å². The molecule has 0 amide bonds. The van der Waals surface area contributed by atoms with Gasteiger partial charge in [-0.25, -0.2) is 4.79 Å². The van der Waals surface area contributed by atoms with Crippen molar-refractivity contribution in [2.75, 3.05) is 6.61 Å². The lowest BCUT2D eigenvalue weighted by molar-refractivity contribution is -0.132. The summed E-state index contributed by atoms with van der Waals surface area (Å²) in [7, 11) is 0. The van der Waals surface area contributed by atoms with Crippen LogP contribution in [0.1, 0.15) is 44.9 Å². The Kier molecular flexibility index (Phi) is 5.40. The number of hydrogen-bond acceptors (Lipinski definition) is 2. The van der Waals surface area contributed by atoms with Crippen molar-refractivity contribution in [3.8, 4) is 0 Å². The summed E-state index contributed by atoms with van der Waals surface area (Å²) in [5, 5.41) is 8.58. The first-order valence-corrected chi connectivity index (χ1v) is 5.73. The lowest BCUT2D eigenvalue weighted by atomic mass is 10.1. The topological polar surface area (TPSA) is 49.8 Å². The molecule has 1 aliphatic rings. The first kappa shape index (κ1) is 12.2. The Morgan fingerprint density at radius 2 is 1.87 bits per heavy atom. The van der Waals surface area contributed by atoms with Crippen molar-refractivity contribution in [2.24, 2.45) is 0 Å². The Morgan fingerprint density at radius 3 is 2.47 bits per heavy atom. The number of carboxylic acids is 1. The molecule has 1 heterocycles. The number of rotatable bonds is 9. The fourth-order valence-electron chi connectivity index (χ4n) is 1.58. The maximum Gasteiger partial charge on any atom is 0.330 e. The highest BCUT2D eigenvalue weighted by molar-refractivity contribution is 5.85. The van der Waals surface area contributed by atoms with Crippen molar-refractivity contribution < 1.29 is 14.6 Å². The van der Waals surface area contributed by atoms with Crippen LogP contribution in [0.25, 0.3) is 0 Å². The molecule has 1 N–H and O–H groups in total. The Hall–Kier alpha value is -0.830. The monoisotopic (exact) mass is 212 g/mol. The molecule has 0 aromatic carbocycles. The van der Waals surface area contributed by atoms with E-state index in [0.717, 1.165) is 19.4 Å². The van der Waals surface area contributed by atoms with Crippen LogP contribution in [0.5, 0.6) is 0 Å². The van der Waals surface area contributed by atoms with E-state index >= 15 is 0 Å². The van der Waals surface area contributed by atoms with E-state index in [9.17, 15) is 4.79 Å². The molecule has 3 heteroatoms. The van der Waals surface area contributed by atoms with E-state index in [-0.39, 0.29) is 0 Å². The van der Waals surface area contributed by atoms with Crippen LogP contribution < -0.4 is 0 Å². The minimum Gasteiger partial charge on any atom is -0.478 e. The molecule has 1 aliphatic heterocycles. The Labute approximate surface area is 91.1 Å². The van der Waals surface area contributed by atoms with Crippen LogP contribution in [-0.2, 0) is 9.53 Å². The maximum atomic E-state index is 10.4. The molecule has 1 fully saturated rings. The zero-order chi connectivity index (χ0) is 11.1. The van der Waals surface area contributed by atoms with Crippen molar-refractivity contribution in [3.63, 3.8) is 0 Å². The van der Waals surface area contributed by atoms with Gasteiger partial charge in [-0.3, -0.25) is 0 Å². The summed E-state index contributed by atoms with van der Waals surface area (Å²) < 4.78 is 5.12. The normalized spacial score (nSPS) is 18.8. The van der Waals surface area contributed by atoms with Crippen LogP contribution in [0.2, 0.25) is 0 Å². The maximum absolute atomic E-state index is 10.4. The van der Waals surface area contributed by atoms with Gasteiger partial charge in [0, 0.05) is 5.57 Å². The molecule has 1 atom stereocenters. The van der Waals surface area contributed by atoms with Gasteiger partial charge in [0.25, 0.3) is 0 Å². The lowest BCUT2D eigenvalue weighted by Gasteiger charge is -2.01. The predicted octanol–water partition coefficient (Wildman–Crippen LogP) is 2.76. The van der Waals surface area contributed by atoms with E-state index in [1.54, 1.807) is 0 Å². The molecule has 0 saturated carbocycles. The van der Waals surface area contributed by atoms with Crippen LogP contribution >= 0.6 is 0 Å². The molecule has 0 spiro atoms. The number of carboxylic acid groups (broad SMARTS) is 1. The third-order valence-corrected chi connectivity index (χ3v) is 2.71. The summed E-state index contributed by atoms with van der Waals surface area (Å²) in [4.78, 5) is 10.4. The summed E-state index contributed by atoms with van der Waals surface area (Å²) in [6.45, 7) is 4.46. The third-order valence-electron chi connectivity index (χ3n) is 2.71. The van der Waals surface area contributed by atoms with E-state index in [1.807, 2.05) is 0 Å². The Morgan fingerprint density at radius 1 is 1.27 bits per heavy atom. The fraction of sp³-hybridized carbons (Fsp3) is 0.750. The van der Waals surface area contributed by atoms with Gasteiger partial charge in [-0.15, -0.1) is 0 Å². The van der Waals surface area contributed by atoms with Gasteiger partial charge in [-0.1, -0.05) is 32.3 Å². The number of unbranched alkanes of at least 4 members (excludes halogenated alkanes) is 4. The number of epoxide rings is 1. The highest BCUT2D eigenvalue weighted by atomic mass is 16.6. The van der Waals surface area contributed by atoms with Crippen LogP contribution in [0.4, 0.5) is 0 Å². The van der Waals surface area contributed by atoms with Crippen LogP contribution in [0.3, 0.4) is 0 Å². The second-order valence-electron chi connectivity index (χ2n) is 4.17. The fourth-order valence-corrected chi connectivity index (χ4v) is 1.58. The van der Waals surface area contributed by atoms with Crippen LogP contribution in [0, 0.1) is 0 Å². The average Bonchev–Trinajstić information content (AvgIpc) is 2.99. The van der Waals surface area contributed by atoms with E-state index in [4.69, 9.17) is 9.84 Å². The minimum atomic E-state index is -0.860. The molecule has 0 aliphatic carbocycles. The van der Waals surface area contributed by atoms with Gasteiger partial charge in [0.1, 0.15) is 0 Å². The Balaban J connectivity index is 1.79. The molecule has 0 bridgehead atoms. The van der Waals surface area contributed by atoms with Crippen LogP contribution in [0.15, 0.2) is 12.2 Å². The molecular weight excluding hydrogens is 192 g/mol. The van der Waals surface area contributed by atoms with E-state index < -0.39 is 5.97 Å².